The highest BCUT2D eigenvalue weighted by molar-refractivity contribution is 5.94. The van der Waals surface area contributed by atoms with E-state index in [0.29, 0.717) is 11.4 Å². The average Bonchev–Trinajstić information content (AvgIpc) is 2.44. The molecule has 2 N–H and O–H groups in total. The molecule has 0 aliphatic heterocycles. The molecule has 0 saturated carbocycles. The van der Waals surface area contributed by atoms with Gasteiger partial charge in [0.25, 0.3) is 5.91 Å². The van der Waals surface area contributed by atoms with E-state index in [-0.39, 0.29) is 11.7 Å². The zero-order chi connectivity index (χ0) is 14.5. The van der Waals surface area contributed by atoms with E-state index in [4.69, 9.17) is 4.74 Å². The molecule has 104 valence electrons. The minimum absolute atomic E-state index is 0.159. The number of phenols is 1. The van der Waals surface area contributed by atoms with Gasteiger partial charge in [0.05, 0.1) is 0 Å². The number of aromatic hydroxyl groups is 1. The van der Waals surface area contributed by atoms with Crippen LogP contribution in [0.5, 0.6) is 11.5 Å². The largest absolute Gasteiger partial charge is 0.508 e. The molecule has 4 nitrogen and oxygen atoms in total. The standard InChI is InChI=1S/C16H17NO3/c1-11-3-9-15(10-4-11)20-12(2)16(19)17-13-5-7-14(18)8-6-13/h3-10,12,18H,1-2H3,(H,17,19). The number of aryl methyl sites for hydroxylation is 1. The van der Waals surface area contributed by atoms with Gasteiger partial charge in [-0.1, -0.05) is 17.7 Å². The third kappa shape index (κ3) is 3.75. The minimum atomic E-state index is -0.605. The molecule has 0 spiro atoms. The number of carbonyl (C=O) groups is 1. The quantitative estimate of drug-likeness (QED) is 0.840. The van der Waals surface area contributed by atoms with E-state index in [0.717, 1.165) is 5.56 Å². The highest BCUT2D eigenvalue weighted by atomic mass is 16.5. The van der Waals surface area contributed by atoms with Gasteiger partial charge in [0, 0.05) is 5.69 Å². The summed E-state index contributed by atoms with van der Waals surface area (Å²) in [6, 6.07) is 13.8. The molecule has 2 aromatic rings. The van der Waals surface area contributed by atoms with Crippen LogP contribution in [0.3, 0.4) is 0 Å². The van der Waals surface area contributed by atoms with Gasteiger partial charge in [0.2, 0.25) is 0 Å². The second-order valence-electron chi connectivity index (χ2n) is 4.61. The molecule has 2 rings (SSSR count). The molecule has 20 heavy (non-hydrogen) atoms. The summed E-state index contributed by atoms with van der Waals surface area (Å²) >= 11 is 0. The van der Waals surface area contributed by atoms with Crippen molar-refractivity contribution in [1.82, 2.24) is 0 Å². The fourth-order valence-corrected chi connectivity index (χ4v) is 1.66. The first-order chi connectivity index (χ1) is 9.54. The fraction of sp³-hybridized carbons (Fsp3) is 0.188. The first-order valence-corrected chi connectivity index (χ1v) is 6.38. The van der Waals surface area contributed by atoms with Gasteiger partial charge in [-0.2, -0.15) is 0 Å². The maximum absolute atomic E-state index is 12.0. The first kappa shape index (κ1) is 13.9. The number of rotatable bonds is 4. The van der Waals surface area contributed by atoms with Gasteiger partial charge in [-0.25, -0.2) is 0 Å². The number of benzene rings is 2. The Morgan fingerprint density at radius 2 is 1.70 bits per heavy atom. The maximum atomic E-state index is 12.0. The van der Waals surface area contributed by atoms with Crippen LogP contribution >= 0.6 is 0 Å². The van der Waals surface area contributed by atoms with Crippen molar-refractivity contribution < 1.29 is 14.6 Å². The molecular formula is C16H17NO3. The average molecular weight is 271 g/mol. The van der Waals surface area contributed by atoms with Crippen molar-refractivity contribution in [2.24, 2.45) is 0 Å². The third-order valence-electron chi connectivity index (χ3n) is 2.84. The number of ether oxygens (including phenoxy) is 1. The number of phenolic OH excluding ortho intramolecular Hbond substituents is 1. The SMILES string of the molecule is Cc1ccc(OC(C)C(=O)Nc2ccc(O)cc2)cc1. The van der Waals surface area contributed by atoms with E-state index < -0.39 is 6.10 Å². The molecule has 0 saturated heterocycles. The Morgan fingerprint density at radius 1 is 1.10 bits per heavy atom. The van der Waals surface area contributed by atoms with E-state index in [1.807, 2.05) is 31.2 Å². The highest BCUT2D eigenvalue weighted by Gasteiger charge is 2.14. The second-order valence-corrected chi connectivity index (χ2v) is 4.61. The number of carbonyl (C=O) groups excluding carboxylic acids is 1. The van der Waals surface area contributed by atoms with Gasteiger partial charge in [-0.3, -0.25) is 4.79 Å². The van der Waals surface area contributed by atoms with Crippen molar-refractivity contribution in [2.75, 3.05) is 5.32 Å². The molecule has 1 unspecified atom stereocenters. The Morgan fingerprint density at radius 3 is 2.30 bits per heavy atom. The summed E-state index contributed by atoms with van der Waals surface area (Å²) < 4.78 is 5.57. The van der Waals surface area contributed by atoms with Gasteiger partial charge in [-0.05, 0) is 50.2 Å². The molecule has 0 aliphatic carbocycles. The van der Waals surface area contributed by atoms with Gasteiger partial charge in [0.1, 0.15) is 11.5 Å². The Bertz CT molecular complexity index is 576. The minimum Gasteiger partial charge on any atom is -0.508 e. The fourth-order valence-electron chi connectivity index (χ4n) is 1.66. The maximum Gasteiger partial charge on any atom is 0.265 e. The van der Waals surface area contributed by atoms with Crippen molar-refractivity contribution in [2.45, 2.75) is 20.0 Å². The van der Waals surface area contributed by atoms with Crippen LogP contribution in [-0.2, 0) is 4.79 Å². The lowest BCUT2D eigenvalue weighted by Gasteiger charge is -2.15. The van der Waals surface area contributed by atoms with Crippen LogP contribution in [0.1, 0.15) is 12.5 Å². The number of hydrogen-bond acceptors (Lipinski definition) is 3. The van der Waals surface area contributed by atoms with Crippen molar-refractivity contribution in [1.29, 1.82) is 0 Å². The van der Waals surface area contributed by atoms with E-state index in [2.05, 4.69) is 5.32 Å². The van der Waals surface area contributed by atoms with Gasteiger partial charge in [0.15, 0.2) is 6.10 Å². The predicted molar refractivity (Wildman–Crippen MR) is 78.0 cm³/mol. The number of nitrogens with one attached hydrogen (secondary N) is 1. The molecule has 0 aliphatic rings. The van der Waals surface area contributed by atoms with Crippen molar-refractivity contribution in [3.63, 3.8) is 0 Å². The topological polar surface area (TPSA) is 58.6 Å². The summed E-state index contributed by atoms with van der Waals surface area (Å²) in [5.41, 5.74) is 1.76. The zero-order valence-corrected chi connectivity index (χ0v) is 11.5. The van der Waals surface area contributed by atoms with Crippen LogP contribution < -0.4 is 10.1 Å². The Kier molecular flexibility index (Phi) is 4.25. The van der Waals surface area contributed by atoms with Crippen LogP contribution in [0.2, 0.25) is 0 Å². The summed E-state index contributed by atoms with van der Waals surface area (Å²) in [4.78, 5) is 12.0. The number of anilines is 1. The van der Waals surface area contributed by atoms with Crippen LogP contribution in [-0.4, -0.2) is 17.1 Å². The highest BCUT2D eigenvalue weighted by Crippen LogP contribution is 2.16. The summed E-state index contributed by atoms with van der Waals surface area (Å²) in [7, 11) is 0. The number of amides is 1. The summed E-state index contributed by atoms with van der Waals surface area (Å²) in [5, 5.41) is 11.9. The van der Waals surface area contributed by atoms with Crippen LogP contribution in [0.4, 0.5) is 5.69 Å². The third-order valence-corrected chi connectivity index (χ3v) is 2.84. The molecule has 2 aromatic carbocycles. The molecule has 1 atom stereocenters. The van der Waals surface area contributed by atoms with E-state index in [1.54, 1.807) is 19.1 Å². The lowest BCUT2D eigenvalue weighted by atomic mass is 10.2. The van der Waals surface area contributed by atoms with Gasteiger partial charge in [-0.15, -0.1) is 0 Å². The zero-order valence-electron chi connectivity index (χ0n) is 11.5. The van der Waals surface area contributed by atoms with Crippen LogP contribution in [0.15, 0.2) is 48.5 Å². The molecule has 0 heterocycles. The van der Waals surface area contributed by atoms with Crippen LogP contribution in [0, 0.1) is 6.92 Å². The molecule has 0 fully saturated rings. The van der Waals surface area contributed by atoms with E-state index in [9.17, 15) is 9.90 Å². The Balaban J connectivity index is 1.94. The predicted octanol–water partition coefficient (Wildman–Crippen LogP) is 3.11. The Hall–Kier alpha value is -2.49. The summed E-state index contributed by atoms with van der Waals surface area (Å²) in [6.45, 7) is 3.68. The lowest BCUT2D eigenvalue weighted by molar-refractivity contribution is -0.122. The molecule has 1 amide bonds. The Labute approximate surface area is 118 Å². The van der Waals surface area contributed by atoms with Gasteiger partial charge < -0.3 is 15.2 Å². The van der Waals surface area contributed by atoms with Crippen LogP contribution in [0.25, 0.3) is 0 Å². The van der Waals surface area contributed by atoms with E-state index in [1.165, 1.54) is 12.1 Å². The molecule has 0 radical (unpaired) electrons. The van der Waals surface area contributed by atoms with Crippen molar-refractivity contribution >= 4 is 11.6 Å². The van der Waals surface area contributed by atoms with E-state index >= 15 is 0 Å². The first-order valence-electron chi connectivity index (χ1n) is 6.38. The molecule has 0 aromatic heterocycles. The van der Waals surface area contributed by atoms with Gasteiger partial charge >= 0.3 is 0 Å². The smallest absolute Gasteiger partial charge is 0.265 e. The molecule has 0 bridgehead atoms. The number of hydrogen-bond donors (Lipinski definition) is 2. The summed E-state index contributed by atoms with van der Waals surface area (Å²) in [6.07, 6.45) is -0.605. The second kappa shape index (κ2) is 6.10. The molecular weight excluding hydrogens is 254 g/mol. The summed E-state index contributed by atoms with van der Waals surface area (Å²) in [5.74, 6) is 0.576. The normalized spacial score (nSPS) is 11.7. The van der Waals surface area contributed by atoms with Crippen molar-refractivity contribution in [3.05, 3.63) is 54.1 Å². The molecule has 4 heteroatoms. The monoisotopic (exact) mass is 271 g/mol. The lowest BCUT2D eigenvalue weighted by Crippen LogP contribution is -2.30. The van der Waals surface area contributed by atoms with Crippen molar-refractivity contribution in [3.8, 4) is 11.5 Å².